The van der Waals surface area contributed by atoms with E-state index >= 15 is 0 Å². The monoisotopic (exact) mass is 297 g/mol. The van der Waals surface area contributed by atoms with Crippen molar-refractivity contribution in [2.45, 2.75) is 44.4 Å². The highest BCUT2D eigenvalue weighted by Crippen LogP contribution is 2.25. The number of hydrogen-bond donors (Lipinski definition) is 2. The normalized spacial score (nSPS) is 22.2. The molecule has 0 saturated heterocycles. The van der Waals surface area contributed by atoms with Crippen LogP contribution >= 0.6 is 0 Å². The number of aliphatic hydroxyl groups is 1. The van der Waals surface area contributed by atoms with Crippen LogP contribution in [-0.2, 0) is 11.3 Å². The summed E-state index contributed by atoms with van der Waals surface area (Å²) in [5.41, 5.74) is 0.825. The number of rotatable bonds is 7. The number of hydrogen-bond acceptors (Lipinski definition) is 4. The molecule has 0 heterocycles. The largest absolute Gasteiger partial charge is 0.488 e. The van der Waals surface area contributed by atoms with E-state index in [0.29, 0.717) is 25.4 Å². The van der Waals surface area contributed by atoms with Crippen LogP contribution in [0.4, 0.5) is 4.39 Å². The molecule has 2 N–H and O–H groups in total. The third-order valence-electron chi connectivity index (χ3n) is 3.70. The molecule has 2 unspecified atom stereocenters. The molecule has 1 aliphatic carbocycles. The van der Waals surface area contributed by atoms with Crippen molar-refractivity contribution in [3.63, 3.8) is 0 Å². The first kappa shape index (κ1) is 16.2. The second-order valence-corrected chi connectivity index (χ2v) is 5.47. The van der Waals surface area contributed by atoms with Crippen LogP contribution in [0.1, 0.15) is 31.2 Å². The number of halogens is 1. The molecule has 0 bridgehead atoms. The second-order valence-electron chi connectivity index (χ2n) is 5.47. The number of ether oxygens (including phenoxy) is 2. The molecule has 4 nitrogen and oxygen atoms in total. The molecule has 1 aromatic rings. The Hall–Kier alpha value is -1.17. The van der Waals surface area contributed by atoms with Gasteiger partial charge in [0.1, 0.15) is 17.7 Å². The van der Waals surface area contributed by atoms with Crippen molar-refractivity contribution >= 4 is 0 Å². The van der Waals surface area contributed by atoms with Crippen molar-refractivity contribution in [3.05, 3.63) is 29.6 Å². The van der Waals surface area contributed by atoms with Crippen LogP contribution in [0.5, 0.6) is 5.75 Å². The minimum atomic E-state index is -0.453. The average Bonchev–Trinajstić information content (AvgIpc) is 2.46. The summed E-state index contributed by atoms with van der Waals surface area (Å²) in [6.07, 6.45) is 2.96. The number of nitrogens with one attached hydrogen (secondary N) is 1. The van der Waals surface area contributed by atoms with Crippen LogP contribution in [-0.4, -0.2) is 37.6 Å². The Morgan fingerprint density at radius 2 is 2.10 bits per heavy atom. The predicted octanol–water partition coefficient (Wildman–Crippen LogP) is 2.24. The van der Waals surface area contributed by atoms with Crippen molar-refractivity contribution in [1.82, 2.24) is 5.32 Å². The van der Waals surface area contributed by atoms with Crippen LogP contribution in [0.3, 0.4) is 0 Å². The van der Waals surface area contributed by atoms with E-state index in [1.165, 1.54) is 12.1 Å². The van der Waals surface area contributed by atoms with Gasteiger partial charge in [-0.05, 0) is 37.0 Å². The maximum absolute atomic E-state index is 13.7. The first-order valence-corrected chi connectivity index (χ1v) is 7.53. The lowest BCUT2D eigenvalue weighted by molar-refractivity contribution is 0.00668. The van der Waals surface area contributed by atoms with E-state index < -0.39 is 6.10 Å². The molecule has 0 aliphatic heterocycles. The van der Waals surface area contributed by atoms with Gasteiger partial charge < -0.3 is 19.9 Å². The van der Waals surface area contributed by atoms with Crippen molar-refractivity contribution in [3.8, 4) is 5.75 Å². The fourth-order valence-corrected chi connectivity index (χ4v) is 2.59. The van der Waals surface area contributed by atoms with Gasteiger partial charge in [-0.2, -0.15) is 0 Å². The van der Waals surface area contributed by atoms with Gasteiger partial charge in [0.25, 0.3) is 0 Å². The summed E-state index contributed by atoms with van der Waals surface area (Å²) in [6, 6.07) is 4.69. The van der Waals surface area contributed by atoms with Gasteiger partial charge in [-0.1, -0.05) is 6.42 Å². The van der Waals surface area contributed by atoms with Crippen LogP contribution in [0.2, 0.25) is 0 Å². The zero-order valence-corrected chi connectivity index (χ0v) is 12.5. The van der Waals surface area contributed by atoms with Gasteiger partial charge in [-0.25, -0.2) is 4.39 Å². The summed E-state index contributed by atoms with van der Waals surface area (Å²) in [4.78, 5) is 0. The Labute approximate surface area is 125 Å². The van der Waals surface area contributed by atoms with Gasteiger partial charge in [0.2, 0.25) is 0 Å². The lowest BCUT2D eigenvalue weighted by Gasteiger charge is -2.28. The summed E-state index contributed by atoms with van der Waals surface area (Å²) in [7, 11) is 1.64. The van der Waals surface area contributed by atoms with E-state index in [9.17, 15) is 9.50 Å². The molecule has 1 fully saturated rings. The molecule has 2 rings (SSSR count). The number of benzene rings is 1. The number of methoxy groups -OCH3 is 1. The average molecular weight is 297 g/mol. The lowest BCUT2D eigenvalue weighted by atomic mass is 9.95. The van der Waals surface area contributed by atoms with Gasteiger partial charge in [0.15, 0.2) is 0 Å². The molecule has 0 amide bonds. The molecule has 2 atom stereocenters. The molecule has 0 radical (unpaired) electrons. The van der Waals surface area contributed by atoms with Gasteiger partial charge in [0, 0.05) is 26.3 Å². The maximum atomic E-state index is 13.7. The molecule has 1 saturated carbocycles. The summed E-state index contributed by atoms with van der Waals surface area (Å²) >= 11 is 0. The van der Waals surface area contributed by atoms with Crippen LogP contribution in [0.15, 0.2) is 18.2 Å². The highest BCUT2D eigenvalue weighted by molar-refractivity contribution is 5.30. The maximum Gasteiger partial charge on any atom is 0.127 e. The summed E-state index contributed by atoms with van der Waals surface area (Å²) in [6.45, 7) is 1.89. The smallest absolute Gasteiger partial charge is 0.127 e. The molecule has 21 heavy (non-hydrogen) atoms. The standard InChI is InChI=1S/C16H24FNO3/c1-20-7-6-18-11-12-8-13(17)10-14(9-12)21-16-5-3-2-4-15(16)19/h8-10,15-16,18-19H,2-7,11H2,1H3. The van der Waals surface area contributed by atoms with Crippen LogP contribution < -0.4 is 10.1 Å². The molecule has 118 valence electrons. The van der Waals surface area contributed by atoms with E-state index in [0.717, 1.165) is 31.2 Å². The third kappa shape index (κ3) is 5.26. The molecule has 1 aliphatic rings. The molecular formula is C16H24FNO3. The second kappa shape index (κ2) is 8.32. The summed E-state index contributed by atoms with van der Waals surface area (Å²) in [5.74, 6) is 0.172. The topological polar surface area (TPSA) is 50.7 Å². The van der Waals surface area contributed by atoms with Crippen LogP contribution in [0.25, 0.3) is 0 Å². The predicted molar refractivity (Wildman–Crippen MR) is 78.9 cm³/mol. The van der Waals surface area contributed by atoms with Crippen molar-refractivity contribution in [1.29, 1.82) is 0 Å². The van der Waals surface area contributed by atoms with Crippen LogP contribution in [0, 0.1) is 5.82 Å². The highest BCUT2D eigenvalue weighted by Gasteiger charge is 2.24. The molecule has 0 spiro atoms. The Balaban J connectivity index is 1.94. The van der Waals surface area contributed by atoms with E-state index in [1.54, 1.807) is 7.11 Å². The van der Waals surface area contributed by atoms with Gasteiger partial charge in [-0.15, -0.1) is 0 Å². The van der Waals surface area contributed by atoms with E-state index in [4.69, 9.17) is 9.47 Å². The Kier molecular flexibility index (Phi) is 6.42. The Morgan fingerprint density at radius 3 is 2.86 bits per heavy atom. The zero-order valence-electron chi connectivity index (χ0n) is 12.5. The highest BCUT2D eigenvalue weighted by atomic mass is 19.1. The quantitative estimate of drug-likeness (QED) is 0.758. The Morgan fingerprint density at radius 1 is 1.29 bits per heavy atom. The minimum absolute atomic E-state index is 0.227. The first-order valence-electron chi connectivity index (χ1n) is 7.53. The number of aliphatic hydroxyl groups excluding tert-OH is 1. The van der Waals surface area contributed by atoms with Crippen molar-refractivity contribution in [2.24, 2.45) is 0 Å². The van der Waals surface area contributed by atoms with E-state index in [1.807, 2.05) is 6.07 Å². The minimum Gasteiger partial charge on any atom is -0.488 e. The van der Waals surface area contributed by atoms with E-state index in [-0.39, 0.29) is 11.9 Å². The molecule has 0 aromatic heterocycles. The third-order valence-corrected chi connectivity index (χ3v) is 3.70. The molecule has 5 heteroatoms. The van der Waals surface area contributed by atoms with Gasteiger partial charge in [-0.3, -0.25) is 0 Å². The SMILES string of the molecule is COCCNCc1cc(F)cc(OC2CCCCC2O)c1. The van der Waals surface area contributed by atoms with Crippen molar-refractivity contribution in [2.75, 3.05) is 20.3 Å². The van der Waals surface area contributed by atoms with Gasteiger partial charge in [0.05, 0.1) is 12.7 Å². The van der Waals surface area contributed by atoms with Gasteiger partial charge >= 0.3 is 0 Å². The first-order chi connectivity index (χ1) is 10.2. The Bertz CT molecular complexity index is 442. The molecular weight excluding hydrogens is 273 g/mol. The van der Waals surface area contributed by atoms with Crippen molar-refractivity contribution < 1.29 is 19.0 Å². The fraction of sp³-hybridized carbons (Fsp3) is 0.625. The lowest BCUT2D eigenvalue weighted by Crippen LogP contribution is -2.34. The van der Waals surface area contributed by atoms with E-state index in [2.05, 4.69) is 5.32 Å². The fourth-order valence-electron chi connectivity index (χ4n) is 2.59. The summed E-state index contributed by atoms with van der Waals surface area (Å²) < 4.78 is 24.4. The summed E-state index contributed by atoms with van der Waals surface area (Å²) in [5, 5.41) is 13.1. The molecule has 1 aromatic carbocycles. The zero-order chi connectivity index (χ0) is 15.1.